The summed E-state index contributed by atoms with van der Waals surface area (Å²) in [6.07, 6.45) is 10.0. The lowest BCUT2D eigenvalue weighted by molar-refractivity contribution is 0.288. The standard InChI is InChI=1S/C14H26N2/c1-2-6-14(7-8-14)11-15-12-5-10-16-9-3-4-13(12)16/h12-13,15H,2-11H2,1H3. The first-order valence-corrected chi connectivity index (χ1v) is 7.30. The second-order valence-corrected chi connectivity index (χ2v) is 6.27. The van der Waals surface area contributed by atoms with Gasteiger partial charge in [-0.3, -0.25) is 4.90 Å². The quantitative estimate of drug-likeness (QED) is 0.768. The van der Waals surface area contributed by atoms with Crippen LogP contribution in [0.5, 0.6) is 0 Å². The van der Waals surface area contributed by atoms with E-state index in [0.717, 1.165) is 17.5 Å². The van der Waals surface area contributed by atoms with Crippen LogP contribution in [0.15, 0.2) is 0 Å². The molecule has 0 spiro atoms. The van der Waals surface area contributed by atoms with Gasteiger partial charge in [-0.1, -0.05) is 13.3 Å². The molecule has 0 aromatic heterocycles. The number of fused-ring (bicyclic) bond motifs is 1. The molecule has 3 rings (SSSR count). The van der Waals surface area contributed by atoms with E-state index in [9.17, 15) is 0 Å². The third kappa shape index (κ3) is 2.02. The van der Waals surface area contributed by atoms with E-state index in [1.165, 1.54) is 64.6 Å². The second kappa shape index (κ2) is 4.30. The molecule has 1 saturated carbocycles. The lowest BCUT2D eigenvalue weighted by atomic mass is 9.99. The van der Waals surface area contributed by atoms with Gasteiger partial charge in [0.2, 0.25) is 0 Å². The fraction of sp³-hybridized carbons (Fsp3) is 1.00. The molecule has 16 heavy (non-hydrogen) atoms. The monoisotopic (exact) mass is 222 g/mol. The molecule has 2 atom stereocenters. The number of hydrogen-bond donors (Lipinski definition) is 1. The van der Waals surface area contributed by atoms with E-state index in [1.54, 1.807) is 0 Å². The van der Waals surface area contributed by atoms with Gasteiger partial charge >= 0.3 is 0 Å². The average molecular weight is 222 g/mol. The topological polar surface area (TPSA) is 15.3 Å². The van der Waals surface area contributed by atoms with Crippen LogP contribution in [0, 0.1) is 5.41 Å². The number of hydrogen-bond acceptors (Lipinski definition) is 2. The first kappa shape index (κ1) is 11.0. The van der Waals surface area contributed by atoms with Crippen LogP contribution in [0.4, 0.5) is 0 Å². The Morgan fingerprint density at radius 2 is 2.12 bits per heavy atom. The minimum Gasteiger partial charge on any atom is -0.312 e. The van der Waals surface area contributed by atoms with E-state index in [2.05, 4.69) is 17.1 Å². The van der Waals surface area contributed by atoms with Gasteiger partial charge in [0.25, 0.3) is 0 Å². The fourth-order valence-corrected chi connectivity index (χ4v) is 3.89. The summed E-state index contributed by atoms with van der Waals surface area (Å²) in [5.41, 5.74) is 0.723. The summed E-state index contributed by atoms with van der Waals surface area (Å²) in [5.74, 6) is 0. The van der Waals surface area contributed by atoms with Gasteiger partial charge < -0.3 is 5.32 Å². The Kier molecular flexibility index (Phi) is 2.97. The highest BCUT2D eigenvalue weighted by Gasteiger charge is 2.43. The second-order valence-electron chi connectivity index (χ2n) is 6.27. The fourth-order valence-electron chi connectivity index (χ4n) is 3.89. The van der Waals surface area contributed by atoms with E-state index < -0.39 is 0 Å². The van der Waals surface area contributed by atoms with Gasteiger partial charge in [-0.25, -0.2) is 0 Å². The van der Waals surface area contributed by atoms with Crippen molar-refractivity contribution in [3.05, 3.63) is 0 Å². The van der Waals surface area contributed by atoms with Crippen LogP contribution < -0.4 is 5.32 Å². The van der Waals surface area contributed by atoms with Crippen molar-refractivity contribution in [2.45, 2.75) is 64.0 Å². The van der Waals surface area contributed by atoms with Crippen LogP contribution >= 0.6 is 0 Å². The Balaban J connectivity index is 1.48. The molecule has 0 aromatic rings. The van der Waals surface area contributed by atoms with Crippen molar-refractivity contribution in [2.75, 3.05) is 19.6 Å². The van der Waals surface area contributed by atoms with Crippen molar-refractivity contribution in [3.63, 3.8) is 0 Å². The molecule has 2 aliphatic heterocycles. The van der Waals surface area contributed by atoms with E-state index in [0.29, 0.717) is 0 Å². The zero-order valence-electron chi connectivity index (χ0n) is 10.7. The van der Waals surface area contributed by atoms with Gasteiger partial charge in [0.15, 0.2) is 0 Å². The van der Waals surface area contributed by atoms with Crippen LogP contribution in [0.3, 0.4) is 0 Å². The Hall–Kier alpha value is -0.0800. The summed E-state index contributed by atoms with van der Waals surface area (Å²) in [6, 6.07) is 1.70. The summed E-state index contributed by atoms with van der Waals surface area (Å²) < 4.78 is 0. The van der Waals surface area contributed by atoms with Gasteiger partial charge in [0.05, 0.1) is 0 Å². The maximum atomic E-state index is 3.90. The highest BCUT2D eigenvalue weighted by Crippen LogP contribution is 2.49. The molecule has 92 valence electrons. The maximum absolute atomic E-state index is 3.90. The Labute approximate surface area is 99.8 Å². The van der Waals surface area contributed by atoms with Crippen LogP contribution in [-0.4, -0.2) is 36.6 Å². The van der Waals surface area contributed by atoms with Crippen molar-refractivity contribution in [2.24, 2.45) is 5.41 Å². The molecule has 2 nitrogen and oxygen atoms in total. The zero-order chi connectivity index (χ0) is 11.0. The Morgan fingerprint density at radius 1 is 1.25 bits per heavy atom. The minimum absolute atomic E-state index is 0.723. The molecule has 3 fully saturated rings. The predicted molar refractivity (Wildman–Crippen MR) is 67.6 cm³/mol. The largest absolute Gasteiger partial charge is 0.312 e. The molecular formula is C14H26N2. The molecule has 2 heteroatoms. The first-order valence-electron chi connectivity index (χ1n) is 7.30. The van der Waals surface area contributed by atoms with Crippen molar-refractivity contribution in [3.8, 4) is 0 Å². The van der Waals surface area contributed by atoms with Gasteiger partial charge in [-0.15, -0.1) is 0 Å². The minimum atomic E-state index is 0.723. The summed E-state index contributed by atoms with van der Waals surface area (Å²) in [7, 11) is 0. The van der Waals surface area contributed by atoms with Crippen LogP contribution in [0.25, 0.3) is 0 Å². The van der Waals surface area contributed by atoms with E-state index >= 15 is 0 Å². The average Bonchev–Trinajstić information content (AvgIpc) is 2.75. The first-order chi connectivity index (χ1) is 7.83. The molecule has 3 aliphatic rings. The van der Waals surface area contributed by atoms with Gasteiger partial charge in [0.1, 0.15) is 0 Å². The summed E-state index contributed by atoms with van der Waals surface area (Å²) in [6.45, 7) is 6.34. The highest BCUT2D eigenvalue weighted by atomic mass is 15.2. The molecule has 0 bridgehead atoms. The SMILES string of the molecule is CCCC1(CNC2CCN3CCCC23)CC1. The Bertz CT molecular complexity index is 247. The number of nitrogens with zero attached hydrogens (tertiary/aromatic N) is 1. The molecule has 0 radical (unpaired) electrons. The van der Waals surface area contributed by atoms with Crippen LogP contribution in [0.2, 0.25) is 0 Å². The van der Waals surface area contributed by atoms with E-state index in [4.69, 9.17) is 0 Å². The van der Waals surface area contributed by atoms with Crippen molar-refractivity contribution < 1.29 is 0 Å². The molecule has 0 aromatic carbocycles. The third-order valence-electron chi connectivity index (χ3n) is 5.08. The normalized spacial score (nSPS) is 36.6. The summed E-state index contributed by atoms with van der Waals surface area (Å²) >= 11 is 0. The number of rotatable bonds is 5. The van der Waals surface area contributed by atoms with Crippen LogP contribution in [0.1, 0.15) is 51.9 Å². The number of nitrogens with one attached hydrogen (secondary N) is 1. The lowest BCUT2D eigenvalue weighted by Crippen LogP contribution is -2.41. The van der Waals surface area contributed by atoms with E-state index in [1.807, 2.05) is 0 Å². The maximum Gasteiger partial charge on any atom is 0.0250 e. The van der Waals surface area contributed by atoms with Gasteiger partial charge in [-0.2, -0.15) is 0 Å². The van der Waals surface area contributed by atoms with Crippen molar-refractivity contribution >= 4 is 0 Å². The summed E-state index contributed by atoms with van der Waals surface area (Å²) in [4.78, 5) is 2.71. The van der Waals surface area contributed by atoms with Crippen LogP contribution in [-0.2, 0) is 0 Å². The predicted octanol–water partition coefficient (Wildman–Crippen LogP) is 2.39. The lowest BCUT2D eigenvalue weighted by Gasteiger charge is -2.24. The molecule has 1 N–H and O–H groups in total. The summed E-state index contributed by atoms with van der Waals surface area (Å²) in [5, 5.41) is 3.90. The zero-order valence-corrected chi connectivity index (χ0v) is 10.7. The third-order valence-corrected chi connectivity index (χ3v) is 5.08. The molecule has 0 amide bonds. The van der Waals surface area contributed by atoms with Gasteiger partial charge in [-0.05, 0) is 50.5 Å². The smallest absolute Gasteiger partial charge is 0.0250 e. The molecule has 2 saturated heterocycles. The van der Waals surface area contributed by atoms with Gasteiger partial charge in [0, 0.05) is 25.2 Å². The highest BCUT2D eigenvalue weighted by molar-refractivity contribution is 4.99. The van der Waals surface area contributed by atoms with E-state index in [-0.39, 0.29) is 0 Å². The molecule has 2 heterocycles. The molecule has 2 unspecified atom stereocenters. The Morgan fingerprint density at radius 3 is 2.88 bits per heavy atom. The van der Waals surface area contributed by atoms with Crippen molar-refractivity contribution in [1.29, 1.82) is 0 Å². The molecular weight excluding hydrogens is 196 g/mol. The molecule has 1 aliphatic carbocycles. The van der Waals surface area contributed by atoms with Crippen molar-refractivity contribution in [1.82, 2.24) is 10.2 Å².